The van der Waals surface area contributed by atoms with E-state index in [2.05, 4.69) is 12.4 Å². The monoisotopic (exact) mass is 268 g/mol. The van der Waals surface area contributed by atoms with Crippen LogP contribution in [0.25, 0.3) is 0 Å². The number of aliphatic hydroxyl groups is 1. The number of nitrogens with two attached hydrogens (primary N) is 1. The minimum atomic E-state index is -0.737. The molecule has 1 unspecified atom stereocenters. The van der Waals surface area contributed by atoms with E-state index in [4.69, 9.17) is 15.3 Å². The first-order valence-corrected chi connectivity index (χ1v) is 6.14. The number of hydrogen-bond donors (Lipinski definition) is 3. The van der Waals surface area contributed by atoms with Gasteiger partial charge < -0.3 is 15.6 Å². The van der Waals surface area contributed by atoms with Gasteiger partial charge in [-0.25, -0.2) is 0 Å². The molecule has 0 radical (unpaired) electrons. The molecule has 0 aromatic heterocycles. The maximum Gasteiger partial charge on any atom is 0.245 e. The zero-order valence-electron chi connectivity index (χ0n) is 11.0. The quantitative estimate of drug-likeness (QED) is 0.433. The number of carbonyl (C=O) groups is 1. The number of hydrogen-bond acceptors (Lipinski definition) is 5. The molecule has 1 aromatic rings. The summed E-state index contributed by atoms with van der Waals surface area (Å²) in [4.78, 5) is 15.1. The first-order chi connectivity index (χ1) is 9.11. The molecule has 1 amide bonds. The Balaban J connectivity index is 2.18. The maximum atomic E-state index is 10.4. The fourth-order valence-corrected chi connectivity index (χ4v) is 1.35. The number of rotatable bonds is 9. The first kappa shape index (κ1) is 15.4. The largest absolute Gasteiger partial charge is 0.491 e. The molecule has 0 saturated heterocycles. The summed E-state index contributed by atoms with van der Waals surface area (Å²) < 4.78 is 5.41. The Morgan fingerprint density at radius 1 is 1.42 bits per heavy atom. The molecule has 0 heterocycles. The van der Waals surface area contributed by atoms with E-state index in [1.54, 1.807) is 0 Å². The number of amides is 1. The molecule has 0 aliphatic heterocycles. The van der Waals surface area contributed by atoms with Crippen LogP contribution in [0.3, 0.4) is 0 Å². The van der Waals surface area contributed by atoms with E-state index in [9.17, 15) is 9.90 Å². The minimum Gasteiger partial charge on any atom is -0.491 e. The predicted molar refractivity (Wildman–Crippen MR) is 70.5 cm³/mol. The average molecular weight is 268 g/mol. The van der Waals surface area contributed by atoms with Crippen LogP contribution in [-0.4, -0.2) is 36.9 Å². The molecule has 0 aliphatic carbocycles. The van der Waals surface area contributed by atoms with Crippen LogP contribution in [0.1, 0.15) is 12.5 Å². The fraction of sp³-hybridized carbons (Fsp3) is 0.462. The third-order valence-corrected chi connectivity index (χ3v) is 2.41. The zero-order chi connectivity index (χ0) is 14.1. The summed E-state index contributed by atoms with van der Waals surface area (Å²) in [5.74, 6) is 0.128. The van der Waals surface area contributed by atoms with Gasteiger partial charge in [0.15, 0.2) is 0 Å². The molecular formula is C13H20N2O4. The Kier molecular flexibility index (Phi) is 6.88. The molecule has 0 bridgehead atoms. The van der Waals surface area contributed by atoms with Crippen molar-refractivity contribution in [3.05, 3.63) is 29.8 Å². The number of carbonyl (C=O) groups excluding carboxylic acids is 1. The smallest absolute Gasteiger partial charge is 0.245 e. The van der Waals surface area contributed by atoms with Crippen molar-refractivity contribution in [2.24, 2.45) is 5.73 Å². The molecule has 0 aliphatic rings. The van der Waals surface area contributed by atoms with E-state index in [0.717, 1.165) is 6.42 Å². The summed E-state index contributed by atoms with van der Waals surface area (Å²) >= 11 is 0. The molecule has 0 spiro atoms. The molecule has 1 atom stereocenters. The predicted octanol–water partition coefficient (Wildman–Crippen LogP) is -0.00480. The lowest BCUT2D eigenvalue weighted by molar-refractivity contribution is -0.125. The number of benzene rings is 1. The average Bonchev–Trinajstić information content (AvgIpc) is 2.41. The summed E-state index contributed by atoms with van der Waals surface area (Å²) in [7, 11) is 0. The van der Waals surface area contributed by atoms with Gasteiger partial charge in [-0.1, -0.05) is 19.1 Å². The van der Waals surface area contributed by atoms with E-state index in [1.807, 2.05) is 24.3 Å². The van der Waals surface area contributed by atoms with Crippen molar-refractivity contribution in [3.8, 4) is 5.75 Å². The van der Waals surface area contributed by atoms with Gasteiger partial charge in [0.1, 0.15) is 25.1 Å². The fourth-order valence-electron chi connectivity index (χ4n) is 1.35. The lowest BCUT2D eigenvalue weighted by Gasteiger charge is -2.13. The van der Waals surface area contributed by atoms with Crippen molar-refractivity contribution >= 4 is 5.91 Å². The summed E-state index contributed by atoms with van der Waals surface area (Å²) in [6.45, 7) is 2.14. The minimum absolute atomic E-state index is 0.137. The van der Waals surface area contributed by atoms with E-state index in [-0.39, 0.29) is 19.8 Å². The number of aliphatic hydroxyl groups excluding tert-OH is 1. The van der Waals surface area contributed by atoms with E-state index < -0.39 is 12.0 Å². The van der Waals surface area contributed by atoms with Crippen LogP contribution in [-0.2, 0) is 16.1 Å². The van der Waals surface area contributed by atoms with Gasteiger partial charge in [0.25, 0.3) is 0 Å². The van der Waals surface area contributed by atoms with Gasteiger partial charge in [-0.3, -0.25) is 9.63 Å². The van der Waals surface area contributed by atoms with Crippen molar-refractivity contribution in [3.63, 3.8) is 0 Å². The summed E-state index contributed by atoms with van der Waals surface area (Å²) in [6, 6.07) is 7.69. The second-order valence-electron chi connectivity index (χ2n) is 4.07. The molecule has 6 nitrogen and oxygen atoms in total. The molecule has 1 aromatic carbocycles. The zero-order valence-corrected chi connectivity index (χ0v) is 11.0. The highest BCUT2D eigenvalue weighted by Crippen LogP contribution is 2.12. The van der Waals surface area contributed by atoms with Crippen LogP contribution in [0.2, 0.25) is 0 Å². The van der Waals surface area contributed by atoms with Crippen molar-refractivity contribution < 1.29 is 19.5 Å². The van der Waals surface area contributed by atoms with Crippen molar-refractivity contribution in [1.29, 1.82) is 0 Å². The Morgan fingerprint density at radius 3 is 2.68 bits per heavy atom. The second-order valence-corrected chi connectivity index (χ2v) is 4.07. The summed E-state index contributed by atoms with van der Waals surface area (Å²) in [6.07, 6.45) is 0.239. The van der Waals surface area contributed by atoms with Crippen molar-refractivity contribution in [1.82, 2.24) is 5.48 Å². The van der Waals surface area contributed by atoms with E-state index in [0.29, 0.717) is 5.75 Å². The van der Waals surface area contributed by atoms with Crippen LogP contribution >= 0.6 is 0 Å². The number of aryl methyl sites for hydroxylation is 1. The summed E-state index contributed by atoms with van der Waals surface area (Å²) in [5.41, 5.74) is 8.55. The number of hydroxylamine groups is 1. The van der Waals surface area contributed by atoms with Crippen LogP contribution in [0.5, 0.6) is 5.75 Å². The molecule has 1 rings (SSSR count). The summed E-state index contributed by atoms with van der Waals surface area (Å²) in [5, 5.41) is 9.59. The normalized spacial score (nSPS) is 12.1. The Hall–Kier alpha value is -1.63. The van der Waals surface area contributed by atoms with Gasteiger partial charge in [-0.2, -0.15) is 5.48 Å². The standard InChI is InChI=1S/C13H20N2O4/c1-2-10-3-5-12(6-4-10)18-8-11(16)7-15-19-9-13(14)17/h3-6,11,15-16H,2,7-9H2,1H3,(H2,14,17). The third kappa shape index (κ3) is 6.76. The highest BCUT2D eigenvalue weighted by atomic mass is 16.6. The molecular weight excluding hydrogens is 248 g/mol. The second kappa shape index (κ2) is 8.47. The molecule has 0 fully saturated rings. The van der Waals surface area contributed by atoms with E-state index in [1.165, 1.54) is 5.56 Å². The van der Waals surface area contributed by atoms with Crippen LogP contribution < -0.4 is 16.0 Å². The van der Waals surface area contributed by atoms with Gasteiger partial charge in [-0.05, 0) is 24.1 Å². The van der Waals surface area contributed by atoms with Crippen molar-refractivity contribution in [2.45, 2.75) is 19.4 Å². The van der Waals surface area contributed by atoms with Crippen LogP contribution in [0.15, 0.2) is 24.3 Å². The lowest BCUT2D eigenvalue weighted by atomic mass is 10.2. The molecule has 19 heavy (non-hydrogen) atoms. The van der Waals surface area contributed by atoms with Crippen molar-refractivity contribution in [2.75, 3.05) is 19.8 Å². The molecule has 106 valence electrons. The highest BCUT2D eigenvalue weighted by Gasteiger charge is 2.05. The molecule has 4 N–H and O–H groups in total. The van der Waals surface area contributed by atoms with Crippen LogP contribution in [0, 0.1) is 0 Å². The first-order valence-electron chi connectivity index (χ1n) is 6.14. The van der Waals surface area contributed by atoms with Gasteiger partial charge >= 0.3 is 0 Å². The molecule has 6 heteroatoms. The third-order valence-electron chi connectivity index (χ3n) is 2.41. The number of nitrogens with one attached hydrogen (secondary N) is 1. The van der Waals surface area contributed by atoms with Gasteiger partial charge in [-0.15, -0.1) is 0 Å². The lowest BCUT2D eigenvalue weighted by Crippen LogP contribution is -2.33. The van der Waals surface area contributed by atoms with Crippen LogP contribution in [0.4, 0.5) is 0 Å². The maximum absolute atomic E-state index is 10.4. The Morgan fingerprint density at radius 2 is 2.11 bits per heavy atom. The topological polar surface area (TPSA) is 93.8 Å². The number of primary amides is 1. The number of ether oxygens (including phenoxy) is 1. The van der Waals surface area contributed by atoms with Gasteiger partial charge in [0, 0.05) is 0 Å². The van der Waals surface area contributed by atoms with Gasteiger partial charge in [0.2, 0.25) is 5.91 Å². The Bertz CT molecular complexity index is 381. The van der Waals surface area contributed by atoms with Gasteiger partial charge in [0.05, 0.1) is 6.54 Å². The molecule has 0 saturated carbocycles. The highest BCUT2D eigenvalue weighted by molar-refractivity contribution is 5.74. The van der Waals surface area contributed by atoms with E-state index >= 15 is 0 Å². The Labute approximate surface area is 112 Å². The SMILES string of the molecule is CCc1ccc(OCC(O)CNOCC(N)=O)cc1.